The van der Waals surface area contributed by atoms with Gasteiger partial charge >= 0.3 is 0 Å². The number of rotatable bonds is 4. The van der Waals surface area contributed by atoms with E-state index in [1.165, 1.54) is 30.5 Å². The van der Waals surface area contributed by atoms with Gasteiger partial charge in [-0.3, -0.25) is 4.79 Å². The van der Waals surface area contributed by atoms with E-state index >= 15 is 0 Å². The van der Waals surface area contributed by atoms with E-state index in [9.17, 15) is 4.79 Å². The van der Waals surface area contributed by atoms with Gasteiger partial charge in [0.1, 0.15) is 0 Å². The van der Waals surface area contributed by atoms with Gasteiger partial charge in [-0.15, -0.1) is 5.10 Å². The van der Waals surface area contributed by atoms with Crippen molar-refractivity contribution in [1.82, 2.24) is 20.0 Å². The van der Waals surface area contributed by atoms with Crippen molar-refractivity contribution in [3.05, 3.63) is 45.5 Å². The Morgan fingerprint density at radius 2 is 1.89 bits per heavy atom. The number of hydrogen-bond donors (Lipinski definition) is 0. The van der Waals surface area contributed by atoms with Crippen LogP contribution in [0.15, 0.2) is 23.0 Å². The molecule has 1 unspecified atom stereocenters. The first-order valence-electron chi connectivity index (χ1n) is 10.8. The Balaban J connectivity index is 1.23. The molecule has 2 aromatic rings. The van der Waals surface area contributed by atoms with E-state index in [4.69, 9.17) is 0 Å². The van der Waals surface area contributed by atoms with Crippen molar-refractivity contribution in [2.45, 2.75) is 64.3 Å². The molecule has 6 nitrogen and oxygen atoms in total. The molecule has 5 rings (SSSR count). The third kappa shape index (κ3) is 3.69. The summed E-state index contributed by atoms with van der Waals surface area (Å²) in [6.07, 6.45) is 7.97. The lowest BCUT2D eigenvalue weighted by Crippen LogP contribution is -2.37. The van der Waals surface area contributed by atoms with Crippen LogP contribution in [0.4, 0.5) is 5.82 Å². The molecule has 1 saturated heterocycles. The van der Waals surface area contributed by atoms with Gasteiger partial charge in [-0.1, -0.05) is 6.92 Å². The summed E-state index contributed by atoms with van der Waals surface area (Å²) in [5, 5.41) is 13.7. The summed E-state index contributed by atoms with van der Waals surface area (Å²) in [6, 6.07) is 5.87. The van der Waals surface area contributed by atoms with Gasteiger partial charge in [-0.2, -0.15) is 10.2 Å². The molecule has 3 aliphatic rings. The van der Waals surface area contributed by atoms with Gasteiger partial charge in [0.25, 0.3) is 5.56 Å². The topological polar surface area (TPSA) is 63.9 Å². The highest BCUT2D eigenvalue weighted by molar-refractivity contribution is 5.42. The Morgan fingerprint density at radius 3 is 2.68 bits per heavy atom. The van der Waals surface area contributed by atoms with Gasteiger partial charge in [-0.05, 0) is 74.5 Å². The van der Waals surface area contributed by atoms with E-state index in [1.807, 2.05) is 6.07 Å². The molecule has 148 valence electrons. The number of aryl methyl sites for hydroxylation is 1. The predicted octanol–water partition coefficient (Wildman–Crippen LogP) is 2.95. The van der Waals surface area contributed by atoms with E-state index in [0.717, 1.165) is 62.7 Å². The summed E-state index contributed by atoms with van der Waals surface area (Å²) in [6.45, 7) is 5.01. The molecular weight excluding hydrogens is 350 g/mol. The van der Waals surface area contributed by atoms with Crippen molar-refractivity contribution in [2.24, 2.45) is 11.8 Å². The number of nitrogens with zero attached hydrogens (tertiary/aromatic N) is 5. The molecule has 2 aliphatic carbocycles. The molecule has 0 radical (unpaired) electrons. The first-order valence-corrected chi connectivity index (χ1v) is 10.8. The number of piperidine rings is 1. The summed E-state index contributed by atoms with van der Waals surface area (Å²) < 4.78 is 1.70. The second kappa shape index (κ2) is 7.30. The van der Waals surface area contributed by atoms with Crippen molar-refractivity contribution < 1.29 is 0 Å². The minimum Gasteiger partial charge on any atom is -0.355 e. The molecule has 2 fully saturated rings. The fourth-order valence-corrected chi connectivity index (χ4v) is 4.63. The molecule has 0 bridgehead atoms. The smallest absolute Gasteiger partial charge is 0.266 e. The molecular formula is C22H29N5O. The highest BCUT2D eigenvalue weighted by atomic mass is 16.1. The Bertz CT molecular complexity index is 911. The molecule has 0 N–H and O–H groups in total. The first kappa shape index (κ1) is 17.8. The van der Waals surface area contributed by atoms with Gasteiger partial charge in [-0.25, -0.2) is 4.68 Å². The minimum atomic E-state index is 0.0292. The molecule has 0 amide bonds. The molecule has 1 aliphatic heterocycles. The van der Waals surface area contributed by atoms with Crippen molar-refractivity contribution >= 4 is 5.82 Å². The maximum atomic E-state index is 12.2. The maximum Gasteiger partial charge on any atom is 0.266 e. The second-order valence-electron chi connectivity index (χ2n) is 9.01. The molecule has 6 heteroatoms. The third-order valence-electron chi connectivity index (χ3n) is 6.64. The zero-order chi connectivity index (χ0) is 19.1. The number of anilines is 1. The van der Waals surface area contributed by atoms with Gasteiger partial charge in [0.05, 0.1) is 11.4 Å². The van der Waals surface area contributed by atoms with E-state index < -0.39 is 0 Å². The minimum absolute atomic E-state index is 0.0292. The van der Waals surface area contributed by atoms with Crippen LogP contribution in [0.3, 0.4) is 0 Å². The summed E-state index contributed by atoms with van der Waals surface area (Å²) >= 11 is 0. The van der Waals surface area contributed by atoms with Crippen molar-refractivity contribution in [3.8, 4) is 0 Å². The van der Waals surface area contributed by atoms with E-state index in [-0.39, 0.29) is 5.56 Å². The van der Waals surface area contributed by atoms with Crippen LogP contribution in [-0.4, -0.2) is 33.1 Å². The number of aromatic nitrogens is 4. The van der Waals surface area contributed by atoms with Gasteiger partial charge < -0.3 is 4.90 Å². The standard InChI is InChI=1S/C22H29N5O/c1-15-2-5-19-18(12-15)13-21(24-23-19)26-10-8-16(9-11-26)14-27-22(28)7-6-20(25-27)17-3-4-17/h6-7,13,15-17H,2-5,8-12,14H2,1H3. The molecule has 2 aromatic heterocycles. The third-order valence-corrected chi connectivity index (χ3v) is 6.64. The summed E-state index contributed by atoms with van der Waals surface area (Å²) in [5.74, 6) is 2.85. The quantitative estimate of drug-likeness (QED) is 0.817. The van der Waals surface area contributed by atoms with Gasteiger partial charge in [0, 0.05) is 31.6 Å². The van der Waals surface area contributed by atoms with Crippen LogP contribution in [0.25, 0.3) is 0 Å². The summed E-state index contributed by atoms with van der Waals surface area (Å²) in [7, 11) is 0. The van der Waals surface area contributed by atoms with Crippen LogP contribution < -0.4 is 10.5 Å². The Morgan fingerprint density at radius 1 is 1.07 bits per heavy atom. The Hall–Kier alpha value is -2.24. The molecule has 1 atom stereocenters. The number of hydrogen-bond acceptors (Lipinski definition) is 5. The zero-order valence-corrected chi connectivity index (χ0v) is 16.7. The zero-order valence-electron chi connectivity index (χ0n) is 16.7. The summed E-state index contributed by atoms with van der Waals surface area (Å²) in [4.78, 5) is 14.6. The molecule has 1 saturated carbocycles. The molecule has 0 aromatic carbocycles. The Labute approximate surface area is 166 Å². The van der Waals surface area contributed by atoms with Crippen molar-refractivity contribution in [1.29, 1.82) is 0 Å². The maximum absolute atomic E-state index is 12.2. The SMILES string of the molecule is CC1CCc2nnc(N3CCC(Cn4nc(C5CC5)ccc4=O)CC3)cc2C1. The number of fused-ring (bicyclic) bond motifs is 1. The highest BCUT2D eigenvalue weighted by Gasteiger charge is 2.27. The lowest BCUT2D eigenvalue weighted by molar-refractivity contribution is 0.332. The van der Waals surface area contributed by atoms with Crippen LogP contribution in [0, 0.1) is 11.8 Å². The second-order valence-corrected chi connectivity index (χ2v) is 9.01. The highest BCUT2D eigenvalue weighted by Crippen LogP contribution is 2.38. The van der Waals surface area contributed by atoms with E-state index in [1.54, 1.807) is 10.7 Å². The fourth-order valence-electron chi connectivity index (χ4n) is 4.63. The van der Waals surface area contributed by atoms with Gasteiger partial charge in [0.15, 0.2) is 5.82 Å². The first-order chi connectivity index (χ1) is 13.7. The largest absolute Gasteiger partial charge is 0.355 e. The van der Waals surface area contributed by atoms with E-state index in [2.05, 4.69) is 33.2 Å². The van der Waals surface area contributed by atoms with E-state index in [0.29, 0.717) is 11.8 Å². The fraction of sp³-hybridized carbons (Fsp3) is 0.636. The van der Waals surface area contributed by atoms with Crippen LogP contribution in [0.5, 0.6) is 0 Å². The predicted molar refractivity (Wildman–Crippen MR) is 109 cm³/mol. The average Bonchev–Trinajstić information content (AvgIpc) is 3.55. The summed E-state index contributed by atoms with van der Waals surface area (Å²) in [5.41, 5.74) is 3.70. The van der Waals surface area contributed by atoms with Crippen LogP contribution >= 0.6 is 0 Å². The molecule has 28 heavy (non-hydrogen) atoms. The van der Waals surface area contributed by atoms with Gasteiger partial charge in [0.2, 0.25) is 0 Å². The van der Waals surface area contributed by atoms with Crippen molar-refractivity contribution in [3.63, 3.8) is 0 Å². The van der Waals surface area contributed by atoms with Crippen molar-refractivity contribution in [2.75, 3.05) is 18.0 Å². The molecule has 0 spiro atoms. The van der Waals surface area contributed by atoms with Crippen LogP contribution in [-0.2, 0) is 19.4 Å². The monoisotopic (exact) mass is 379 g/mol. The van der Waals surface area contributed by atoms with Crippen LogP contribution in [0.1, 0.15) is 61.9 Å². The average molecular weight is 380 g/mol. The normalized spacial score (nSPS) is 22.9. The molecule has 3 heterocycles. The lowest BCUT2D eigenvalue weighted by Gasteiger charge is -2.33. The van der Waals surface area contributed by atoms with Crippen LogP contribution in [0.2, 0.25) is 0 Å². The Kier molecular flexibility index (Phi) is 4.65. The lowest BCUT2D eigenvalue weighted by atomic mass is 9.88.